The van der Waals surface area contributed by atoms with Crippen LogP contribution in [0.3, 0.4) is 0 Å². The minimum Gasteiger partial charge on any atom is -0.455 e. The van der Waals surface area contributed by atoms with Gasteiger partial charge in [0.1, 0.15) is 0 Å². The second-order valence-corrected chi connectivity index (χ2v) is 5.97. The maximum Gasteiger partial charge on any atom is 0.310 e. The van der Waals surface area contributed by atoms with E-state index in [1.807, 2.05) is 63.2 Å². The smallest absolute Gasteiger partial charge is 0.310 e. The third-order valence-corrected chi connectivity index (χ3v) is 4.22. The number of carbonyl (C=O) groups excluding carboxylic acids is 2. The molecule has 2 aromatic carbocycles. The largest absolute Gasteiger partial charge is 0.455 e. The van der Waals surface area contributed by atoms with Gasteiger partial charge in [-0.05, 0) is 42.0 Å². The van der Waals surface area contributed by atoms with Crippen LogP contribution in [0.25, 0.3) is 0 Å². The van der Waals surface area contributed by atoms with Crippen molar-refractivity contribution in [2.24, 2.45) is 0 Å². The average molecular weight is 339 g/mol. The van der Waals surface area contributed by atoms with E-state index in [2.05, 4.69) is 5.32 Å². The summed E-state index contributed by atoms with van der Waals surface area (Å²) in [5.41, 5.74) is 4.95. The van der Waals surface area contributed by atoms with Crippen molar-refractivity contribution in [3.63, 3.8) is 0 Å². The third kappa shape index (κ3) is 5.18. The lowest BCUT2D eigenvalue weighted by Crippen LogP contribution is -2.23. The number of benzene rings is 2. The van der Waals surface area contributed by atoms with Crippen molar-refractivity contribution in [2.45, 2.75) is 40.0 Å². The fraction of sp³-hybridized carbons (Fsp3) is 0.333. The number of aryl methyl sites for hydroxylation is 3. The molecule has 4 heteroatoms. The minimum absolute atomic E-state index is 0.172. The number of esters is 1. The lowest BCUT2D eigenvalue weighted by molar-refractivity contribution is -0.146. The van der Waals surface area contributed by atoms with Crippen molar-refractivity contribution in [2.75, 3.05) is 11.9 Å². The fourth-order valence-electron chi connectivity index (χ4n) is 2.74. The number of nitrogens with one attached hydrogen (secondary N) is 1. The molecule has 4 nitrogen and oxygen atoms in total. The number of hydrogen-bond acceptors (Lipinski definition) is 3. The van der Waals surface area contributed by atoms with Crippen molar-refractivity contribution in [3.05, 3.63) is 64.7 Å². The van der Waals surface area contributed by atoms with Gasteiger partial charge in [-0.2, -0.15) is 0 Å². The summed E-state index contributed by atoms with van der Waals surface area (Å²) in [7, 11) is 0. The molecule has 0 aromatic heterocycles. The lowest BCUT2D eigenvalue weighted by atomic mass is 10.0. The maximum absolute atomic E-state index is 12.2. The summed E-state index contributed by atoms with van der Waals surface area (Å²) in [5, 5.41) is 2.90. The average Bonchev–Trinajstić information content (AvgIpc) is 2.62. The van der Waals surface area contributed by atoms with Crippen molar-refractivity contribution < 1.29 is 14.3 Å². The molecule has 0 saturated heterocycles. The Bertz CT molecular complexity index is 730. The van der Waals surface area contributed by atoms with E-state index in [1.54, 1.807) is 0 Å². The van der Waals surface area contributed by atoms with Crippen LogP contribution in [-0.2, 0) is 33.6 Å². The van der Waals surface area contributed by atoms with E-state index in [-0.39, 0.29) is 18.9 Å². The van der Waals surface area contributed by atoms with Crippen LogP contribution in [0.2, 0.25) is 0 Å². The van der Waals surface area contributed by atoms with Crippen molar-refractivity contribution in [3.8, 4) is 0 Å². The molecule has 0 heterocycles. The molecule has 1 amide bonds. The van der Waals surface area contributed by atoms with Crippen molar-refractivity contribution in [1.29, 1.82) is 0 Å². The monoisotopic (exact) mass is 339 g/mol. The molecule has 0 unspecified atom stereocenters. The first-order valence-electron chi connectivity index (χ1n) is 8.65. The van der Waals surface area contributed by atoms with E-state index in [1.165, 1.54) is 0 Å². The standard InChI is InChI=1S/C21H25NO3/c1-4-16-11-8-12-17(5-2)21(16)22-19(23)14-25-20(24)13-18-10-7-6-9-15(18)3/h6-12H,4-5,13-14H2,1-3H3,(H,22,23). The molecule has 0 aliphatic rings. The molecular formula is C21H25NO3. The van der Waals surface area contributed by atoms with Crippen LogP contribution in [0, 0.1) is 6.92 Å². The first-order chi connectivity index (χ1) is 12.0. The van der Waals surface area contributed by atoms with Crippen molar-refractivity contribution >= 4 is 17.6 Å². The van der Waals surface area contributed by atoms with Crippen LogP contribution in [0.5, 0.6) is 0 Å². The molecule has 0 aliphatic carbocycles. The molecule has 2 rings (SSSR count). The van der Waals surface area contributed by atoms with Gasteiger partial charge in [0.2, 0.25) is 0 Å². The highest BCUT2D eigenvalue weighted by Gasteiger charge is 2.13. The molecule has 0 atom stereocenters. The van der Waals surface area contributed by atoms with E-state index < -0.39 is 5.97 Å². The van der Waals surface area contributed by atoms with Crippen LogP contribution in [0.15, 0.2) is 42.5 Å². The predicted octanol–water partition coefficient (Wildman–Crippen LogP) is 3.84. The van der Waals surface area contributed by atoms with E-state index in [0.29, 0.717) is 0 Å². The van der Waals surface area contributed by atoms with Crippen molar-refractivity contribution in [1.82, 2.24) is 0 Å². The zero-order valence-electron chi connectivity index (χ0n) is 15.1. The summed E-state index contributed by atoms with van der Waals surface area (Å²) in [5.74, 6) is -0.710. The number of anilines is 1. The highest BCUT2D eigenvalue weighted by atomic mass is 16.5. The zero-order valence-corrected chi connectivity index (χ0v) is 15.1. The molecular weight excluding hydrogens is 314 g/mol. The Labute approximate surface area is 149 Å². The van der Waals surface area contributed by atoms with Gasteiger partial charge >= 0.3 is 5.97 Å². The summed E-state index contributed by atoms with van der Waals surface area (Å²) in [6, 6.07) is 13.6. The zero-order chi connectivity index (χ0) is 18.2. The van der Waals surface area contributed by atoms with Crippen LogP contribution in [0.1, 0.15) is 36.1 Å². The molecule has 1 N–H and O–H groups in total. The van der Waals surface area contributed by atoms with E-state index in [0.717, 1.165) is 40.8 Å². The first-order valence-corrected chi connectivity index (χ1v) is 8.65. The summed E-state index contributed by atoms with van der Waals surface area (Å²) >= 11 is 0. The van der Waals surface area contributed by atoms with E-state index >= 15 is 0 Å². The second-order valence-electron chi connectivity index (χ2n) is 5.97. The molecule has 0 saturated carbocycles. The number of hydrogen-bond donors (Lipinski definition) is 1. The maximum atomic E-state index is 12.2. The summed E-state index contributed by atoms with van der Waals surface area (Å²) in [6.45, 7) is 5.77. The normalized spacial score (nSPS) is 10.4. The summed E-state index contributed by atoms with van der Waals surface area (Å²) < 4.78 is 5.13. The van der Waals surface area contributed by atoms with E-state index in [4.69, 9.17) is 4.74 Å². The molecule has 0 fully saturated rings. The predicted molar refractivity (Wildman–Crippen MR) is 99.7 cm³/mol. The molecule has 132 valence electrons. The number of ether oxygens (including phenoxy) is 1. The molecule has 0 bridgehead atoms. The Morgan fingerprint density at radius 1 is 0.920 bits per heavy atom. The Morgan fingerprint density at radius 2 is 1.52 bits per heavy atom. The summed E-state index contributed by atoms with van der Waals surface area (Å²) in [6.07, 6.45) is 1.83. The molecule has 25 heavy (non-hydrogen) atoms. The Kier molecular flexibility index (Phi) is 6.75. The first kappa shape index (κ1) is 18.7. The van der Waals surface area contributed by atoms with Crippen LogP contribution >= 0.6 is 0 Å². The highest BCUT2D eigenvalue weighted by molar-refractivity contribution is 5.94. The topological polar surface area (TPSA) is 55.4 Å². The molecule has 0 aliphatic heterocycles. The Hall–Kier alpha value is -2.62. The minimum atomic E-state index is -0.399. The van der Waals surface area contributed by atoms with Gasteiger partial charge in [-0.1, -0.05) is 56.3 Å². The second kappa shape index (κ2) is 9.02. The van der Waals surface area contributed by atoms with Gasteiger partial charge < -0.3 is 10.1 Å². The Morgan fingerprint density at radius 3 is 2.12 bits per heavy atom. The number of rotatable bonds is 7. The van der Waals surface area contributed by atoms with Gasteiger partial charge in [-0.3, -0.25) is 9.59 Å². The molecule has 0 spiro atoms. The van der Waals surface area contributed by atoms with Gasteiger partial charge in [-0.15, -0.1) is 0 Å². The fourth-order valence-corrected chi connectivity index (χ4v) is 2.74. The quantitative estimate of drug-likeness (QED) is 0.780. The molecule has 2 aromatic rings. The van der Waals surface area contributed by atoms with Gasteiger partial charge in [0.05, 0.1) is 6.42 Å². The lowest BCUT2D eigenvalue weighted by Gasteiger charge is -2.14. The summed E-state index contributed by atoms with van der Waals surface area (Å²) in [4.78, 5) is 24.1. The third-order valence-electron chi connectivity index (χ3n) is 4.22. The van der Waals surface area contributed by atoms with E-state index in [9.17, 15) is 9.59 Å². The van der Waals surface area contributed by atoms with Crippen LogP contribution in [-0.4, -0.2) is 18.5 Å². The Balaban J connectivity index is 1.93. The van der Waals surface area contributed by atoms with Crippen LogP contribution < -0.4 is 5.32 Å². The van der Waals surface area contributed by atoms with Gasteiger partial charge in [-0.25, -0.2) is 0 Å². The number of carbonyl (C=O) groups is 2. The van der Waals surface area contributed by atoms with Crippen LogP contribution in [0.4, 0.5) is 5.69 Å². The van der Waals surface area contributed by atoms with Gasteiger partial charge in [0.15, 0.2) is 6.61 Å². The number of amides is 1. The molecule has 0 radical (unpaired) electrons. The highest BCUT2D eigenvalue weighted by Crippen LogP contribution is 2.22. The van der Waals surface area contributed by atoms with Gasteiger partial charge in [0, 0.05) is 5.69 Å². The van der Waals surface area contributed by atoms with Gasteiger partial charge in [0.25, 0.3) is 5.91 Å². The number of para-hydroxylation sites is 1. The SMILES string of the molecule is CCc1cccc(CC)c1NC(=O)COC(=O)Cc1ccccc1C.